The average molecular weight is 482 g/mol. The molecule has 0 saturated heterocycles. The number of para-hydroxylation sites is 1. The molecule has 0 spiro atoms. The summed E-state index contributed by atoms with van der Waals surface area (Å²) in [7, 11) is 0. The number of nitrogens with zero attached hydrogens (tertiary/aromatic N) is 3. The summed E-state index contributed by atoms with van der Waals surface area (Å²) in [6.45, 7) is 3.68. The number of aromatic nitrogens is 3. The van der Waals surface area contributed by atoms with Crippen LogP contribution < -0.4 is 4.74 Å². The van der Waals surface area contributed by atoms with Gasteiger partial charge >= 0.3 is 12.3 Å². The zero-order chi connectivity index (χ0) is 21.7. The first-order valence-electron chi connectivity index (χ1n) is 9.06. The van der Waals surface area contributed by atoms with Gasteiger partial charge in [-0.2, -0.15) is 4.39 Å². The summed E-state index contributed by atoms with van der Waals surface area (Å²) in [6, 6.07) is 8.62. The van der Waals surface area contributed by atoms with Crippen LogP contribution >= 0.6 is 15.9 Å². The number of carbonyl (C=O) groups excluding carboxylic acids is 1. The van der Waals surface area contributed by atoms with Gasteiger partial charge in [-0.1, -0.05) is 12.1 Å². The normalized spacial score (nSPS) is 11.9. The van der Waals surface area contributed by atoms with Crippen LogP contribution in [0.3, 0.4) is 0 Å². The molecule has 1 aromatic carbocycles. The minimum Gasteiger partial charge on any atom is -0.461 e. The molecule has 0 unspecified atom stereocenters. The van der Waals surface area contributed by atoms with Gasteiger partial charge in [-0.3, -0.25) is 0 Å². The Kier molecular flexibility index (Phi) is 7.11. The number of rotatable bonds is 8. The van der Waals surface area contributed by atoms with Gasteiger partial charge in [-0.25, -0.2) is 18.9 Å². The Morgan fingerprint density at radius 2 is 1.93 bits per heavy atom. The number of benzene rings is 1. The lowest BCUT2D eigenvalue weighted by Crippen LogP contribution is -2.32. The maximum Gasteiger partial charge on any atom is 0.376 e. The molecule has 0 N–H and O–H groups in total. The molecular formula is C20H18BrF2N3O4. The maximum atomic E-state index is 14.5. The molecule has 2 aromatic heterocycles. The molecular weight excluding hydrogens is 464 g/mol. The Hall–Kier alpha value is -2.85. The number of hydrogen-bond donors (Lipinski definition) is 0. The lowest BCUT2D eigenvalue weighted by Gasteiger charge is -2.15. The van der Waals surface area contributed by atoms with Gasteiger partial charge < -0.3 is 14.2 Å². The first kappa shape index (κ1) is 21.8. The molecule has 158 valence electrons. The standard InChI is InChI=1S/C20H18BrF2N3O4/c1-3-28-19(27)20(29-4-2)30-18-16(21)17(12-9-10-15(23)24-11-12)26(25-18)14-8-6-5-7-13(14)22/h5-11,20H,3-4H2,1-2H3/t20-/m1/s1. The summed E-state index contributed by atoms with van der Waals surface area (Å²) in [5, 5.41) is 4.30. The minimum atomic E-state index is -1.37. The van der Waals surface area contributed by atoms with Crippen molar-refractivity contribution in [2.75, 3.05) is 13.2 Å². The quantitative estimate of drug-likeness (QED) is 0.271. The third-order valence-corrected chi connectivity index (χ3v) is 4.61. The average Bonchev–Trinajstić information content (AvgIpc) is 3.05. The lowest BCUT2D eigenvalue weighted by atomic mass is 10.2. The van der Waals surface area contributed by atoms with E-state index in [1.807, 2.05) is 0 Å². The first-order valence-corrected chi connectivity index (χ1v) is 9.85. The molecule has 0 aliphatic rings. The van der Waals surface area contributed by atoms with Crippen molar-refractivity contribution in [3.05, 3.63) is 58.8 Å². The number of ether oxygens (including phenoxy) is 3. The van der Waals surface area contributed by atoms with E-state index in [0.717, 1.165) is 0 Å². The van der Waals surface area contributed by atoms with E-state index >= 15 is 0 Å². The molecule has 1 atom stereocenters. The molecule has 0 saturated carbocycles. The van der Waals surface area contributed by atoms with Gasteiger partial charge in [0.15, 0.2) is 0 Å². The molecule has 0 aliphatic heterocycles. The number of carbonyl (C=O) groups is 1. The van der Waals surface area contributed by atoms with Crippen LogP contribution in [0.25, 0.3) is 16.9 Å². The summed E-state index contributed by atoms with van der Waals surface area (Å²) < 4.78 is 45.3. The highest BCUT2D eigenvalue weighted by Gasteiger charge is 2.28. The molecule has 0 aliphatic carbocycles. The lowest BCUT2D eigenvalue weighted by molar-refractivity contribution is -0.177. The topological polar surface area (TPSA) is 75.5 Å². The SMILES string of the molecule is CCOC(=O)[C@H](OCC)Oc1nn(-c2ccccc2F)c(-c2ccc(F)nc2)c1Br. The summed E-state index contributed by atoms with van der Waals surface area (Å²) in [5.41, 5.74) is 0.913. The van der Waals surface area contributed by atoms with Gasteiger partial charge in [0.2, 0.25) is 5.95 Å². The number of hydrogen-bond acceptors (Lipinski definition) is 6. The molecule has 0 amide bonds. The second kappa shape index (κ2) is 9.77. The summed E-state index contributed by atoms with van der Waals surface area (Å²) in [6.07, 6.45) is -0.0849. The van der Waals surface area contributed by atoms with Crippen LogP contribution in [0.4, 0.5) is 8.78 Å². The van der Waals surface area contributed by atoms with Crippen LogP contribution in [-0.2, 0) is 14.3 Å². The third-order valence-electron chi connectivity index (χ3n) is 3.90. The Morgan fingerprint density at radius 3 is 2.57 bits per heavy atom. The fraction of sp³-hybridized carbons (Fsp3) is 0.250. The van der Waals surface area contributed by atoms with E-state index in [-0.39, 0.29) is 24.8 Å². The zero-order valence-electron chi connectivity index (χ0n) is 16.1. The van der Waals surface area contributed by atoms with Crippen molar-refractivity contribution < 1.29 is 27.8 Å². The van der Waals surface area contributed by atoms with E-state index in [9.17, 15) is 13.6 Å². The second-order valence-electron chi connectivity index (χ2n) is 5.86. The Balaban J connectivity index is 2.11. The highest BCUT2D eigenvalue weighted by Crippen LogP contribution is 2.38. The van der Waals surface area contributed by atoms with Crippen molar-refractivity contribution in [3.8, 4) is 22.8 Å². The highest BCUT2D eigenvalue weighted by molar-refractivity contribution is 9.10. The van der Waals surface area contributed by atoms with Gasteiger partial charge in [0.05, 0.1) is 12.3 Å². The van der Waals surface area contributed by atoms with Crippen LogP contribution in [0.15, 0.2) is 47.1 Å². The Bertz CT molecular complexity index is 1030. The molecule has 3 aromatic rings. The van der Waals surface area contributed by atoms with Gasteiger partial charge in [-0.05, 0) is 54.0 Å². The van der Waals surface area contributed by atoms with Crippen molar-refractivity contribution in [2.24, 2.45) is 0 Å². The number of halogens is 3. The van der Waals surface area contributed by atoms with Gasteiger partial charge in [0.25, 0.3) is 5.88 Å². The largest absolute Gasteiger partial charge is 0.461 e. The van der Waals surface area contributed by atoms with Gasteiger partial charge in [-0.15, -0.1) is 5.10 Å². The van der Waals surface area contributed by atoms with Crippen molar-refractivity contribution in [3.63, 3.8) is 0 Å². The molecule has 2 heterocycles. The monoisotopic (exact) mass is 481 g/mol. The predicted molar refractivity (Wildman–Crippen MR) is 107 cm³/mol. The van der Waals surface area contributed by atoms with Gasteiger partial charge in [0, 0.05) is 18.4 Å². The molecule has 0 fully saturated rings. The zero-order valence-corrected chi connectivity index (χ0v) is 17.7. The smallest absolute Gasteiger partial charge is 0.376 e. The van der Waals surface area contributed by atoms with Gasteiger partial charge in [0.1, 0.15) is 16.0 Å². The number of esters is 1. The Morgan fingerprint density at radius 1 is 1.17 bits per heavy atom. The second-order valence-corrected chi connectivity index (χ2v) is 6.65. The van der Waals surface area contributed by atoms with E-state index in [0.29, 0.717) is 15.7 Å². The molecule has 7 nitrogen and oxygen atoms in total. The van der Waals surface area contributed by atoms with Crippen LogP contribution in [0, 0.1) is 11.8 Å². The Labute approximate surface area is 179 Å². The fourth-order valence-corrected chi connectivity index (χ4v) is 3.20. The summed E-state index contributed by atoms with van der Waals surface area (Å²) in [4.78, 5) is 15.8. The summed E-state index contributed by atoms with van der Waals surface area (Å²) >= 11 is 3.39. The maximum absolute atomic E-state index is 14.5. The van der Waals surface area contributed by atoms with E-state index in [1.165, 1.54) is 35.1 Å². The van der Waals surface area contributed by atoms with Crippen molar-refractivity contribution >= 4 is 21.9 Å². The van der Waals surface area contributed by atoms with Crippen molar-refractivity contribution in [2.45, 2.75) is 20.1 Å². The molecule has 0 radical (unpaired) electrons. The van der Waals surface area contributed by atoms with Crippen molar-refractivity contribution in [1.29, 1.82) is 0 Å². The fourth-order valence-electron chi connectivity index (χ4n) is 2.63. The number of pyridine rings is 1. The minimum absolute atomic E-state index is 0.0379. The van der Waals surface area contributed by atoms with E-state index in [2.05, 4.69) is 26.0 Å². The molecule has 0 bridgehead atoms. The van der Waals surface area contributed by atoms with Crippen molar-refractivity contribution in [1.82, 2.24) is 14.8 Å². The molecule has 10 heteroatoms. The molecule has 3 rings (SSSR count). The third kappa shape index (κ3) is 4.65. The predicted octanol–water partition coefficient (Wildman–Crippen LogP) is 4.28. The van der Waals surface area contributed by atoms with Crippen LogP contribution in [0.5, 0.6) is 5.88 Å². The van der Waals surface area contributed by atoms with E-state index < -0.39 is 24.0 Å². The van der Waals surface area contributed by atoms with Crippen LogP contribution in [0.1, 0.15) is 13.8 Å². The van der Waals surface area contributed by atoms with E-state index in [1.54, 1.807) is 26.0 Å². The first-order chi connectivity index (χ1) is 14.5. The van der Waals surface area contributed by atoms with Crippen LogP contribution in [-0.4, -0.2) is 40.2 Å². The molecule has 30 heavy (non-hydrogen) atoms. The summed E-state index contributed by atoms with van der Waals surface area (Å²) in [5.74, 6) is -1.97. The van der Waals surface area contributed by atoms with E-state index in [4.69, 9.17) is 14.2 Å². The van der Waals surface area contributed by atoms with Crippen LogP contribution in [0.2, 0.25) is 0 Å². The highest BCUT2D eigenvalue weighted by atomic mass is 79.9.